The largest absolute Gasteiger partial charge is 0.461 e. The Bertz CT molecular complexity index is 422. The highest BCUT2D eigenvalue weighted by Gasteiger charge is 2.05. The molecule has 2 nitrogen and oxygen atoms in total. The number of hydrogen-bond donors (Lipinski definition) is 0. The quantitative estimate of drug-likeness (QED) is 0.759. The van der Waals surface area contributed by atoms with Crippen LogP contribution in [0.25, 0.3) is 6.08 Å². The monoisotopic (exact) mass is 252 g/mol. The van der Waals surface area contributed by atoms with Gasteiger partial charge in [0.1, 0.15) is 6.61 Å². The minimum atomic E-state index is -0.261. The molecule has 0 aliphatic rings. The average Bonchev–Trinajstić information content (AvgIpc) is 2.23. The number of hydrogen-bond acceptors (Lipinski definition) is 2. The van der Waals surface area contributed by atoms with Gasteiger partial charge in [0.15, 0.2) is 0 Å². The van der Waals surface area contributed by atoms with E-state index in [9.17, 15) is 4.79 Å². The minimum absolute atomic E-state index is 0.261. The summed E-state index contributed by atoms with van der Waals surface area (Å²) in [5.74, 6) is 0.0657. The van der Waals surface area contributed by atoms with Crippen LogP contribution in [0.2, 0.25) is 5.02 Å². The summed E-state index contributed by atoms with van der Waals surface area (Å²) in [5.41, 5.74) is 2.09. The summed E-state index contributed by atoms with van der Waals surface area (Å²) in [4.78, 5) is 10.8. The zero-order valence-electron chi connectivity index (χ0n) is 10.4. The molecule has 0 N–H and O–H groups in total. The van der Waals surface area contributed by atoms with Crippen LogP contribution in [0.4, 0.5) is 0 Å². The zero-order chi connectivity index (χ0) is 12.8. The summed E-state index contributed by atoms with van der Waals surface area (Å²) >= 11 is 5.92. The molecule has 92 valence electrons. The highest BCUT2D eigenvalue weighted by Crippen LogP contribution is 2.18. The summed E-state index contributed by atoms with van der Waals surface area (Å²) < 4.78 is 5.03. The SMILES string of the molecule is CC(=O)OCC(=Cc1cccc(Cl)c1)C(C)C. The van der Waals surface area contributed by atoms with Gasteiger partial charge in [-0.15, -0.1) is 0 Å². The Balaban J connectivity index is 2.86. The van der Waals surface area contributed by atoms with Crippen LogP contribution in [-0.2, 0) is 9.53 Å². The van der Waals surface area contributed by atoms with Crippen LogP contribution in [0.5, 0.6) is 0 Å². The van der Waals surface area contributed by atoms with Crippen LogP contribution >= 0.6 is 11.6 Å². The van der Waals surface area contributed by atoms with Crippen molar-refractivity contribution in [1.82, 2.24) is 0 Å². The van der Waals surface area contributed by atoms with Gasteiger partial charge in [0.2, 0.25) is 0 Å². The second kappa shape index (κ2) is 6.45. The van der Waals surface area contributed by atoms with Crippen molar-refractivity contribution in [2.24, 2.45) is 5.92 Å². The fraction of sp³-hybridized carbons (Fsp3) is 0.357. The Morgan fingerprint density at radius 2 is 2.18 bits per heavy atom. The van der Waals surface area contributed by atoms with E-state index in [1.807, 2.05) is 30.3 Å². The van der Waals surface area contributed by atoms with E-state index in [1.165, 1.54) is 6.92 Å². The molecule has 0 radical (unpaired) electrons. The summed E-state index contributed by atoms with van der Waals surface area (Å²) in [5, 5.41) is 0.703. The molecular formula is C14H17ClO2. The number of rotatable bonds is 4. The van der Waals surface area contributed by atoms with Crippen molar-refractivity contribution in [2.75, 3.05) is 6.61 Å². The molecule has 1 aromatic rings. The highest BCUT2D eigenvalue weighted by molar-refractivity contribution is 6.30. The van der Waals surface area contributed by atoms with Crippen molar-refractivity contribution in [3.05, 3.63) is 40.4 Å². The lowest BCUT2D eigenvalue weighted by molar-refractivity contribution is -0.140. The molecule has 1 aromatic carbocycles. The molecule has 0 amide bonds. The van der Waals surface area contributed by atoms with E-state index < -0.39 is 0 Å². The summed E-state index contributed by atoms with van der Waals surface area (Å²) in [6.07, 6.45) is 2.01. The molecule has 0 aliphatic heterocycles. The predicted molar refractivity (Wildman–Crippen MR) is 70.9 cm³/mol. The first-order valence-electron chi connectivity index (χ1n) is 5.58. The third-order valence-corrected chi connectivity index (χ3v) is 2.62. The number of carbonyl (C=O) groups is 1. The minimum Gasteiger partial charge on any atom is -0.461 e. The molecule has 3 heteroatoms. The van der Waals surface area contributed by atoms with Gasteiger partial charge in [-0.2, -0.15) is 0 Å². The summed E-state index contributed by atoms with van der Waals surface area (Å²) in [6, 6.07) is 7.59. The van der Waals surface area contributed by atoms with Gasteiger partial charge in [-0.05, 0) is 29.2 Å². The first-order valence-corrected chi connectivity index (χ1v) is 5.96. The maximum atomic E-state index is 10.8. The Labute approximate surface area is 107 Å². The first kappa shape index (κ1) is 13.8. The van der Waals surface area contributed by atoms with Gasteiger partial charge < -0.3 is 4.74 Å². The normalized spacial score (nSPS) is 11.7. The van der Waals surface area contributed by atoms with Crippen molar-refractivity contribution in [2.45, 2.75) is 20.8 Å². The second-order valence-corrected chi connectivity index (χ2v) is 4.65. The van der Waals surface area contributed by atoms with Crippen LogP contribution < -0.4 is 0 Å². The summed E-state index contributed by atoms with van der Waals surface area (Å²) in [7, 11) is 0. The van der Waals surface area contributed by atoms with Gasteiger partial charge >= 0.3 is 5.97 Å². The summed E-state index contributed by atoms with van der Waals surface area (Å²) in [6.45, 7) is 5.89. The molecule has 0 aromatic heterocycles. The third kappa shape index (κ3) is 5.05. The van der Waals surface area contributed by atoms with E-state index in [0.717, 1.165) is 11.1 Å². The van der Waals surface area contributed by atoms with E-state index in [4.69, 9.17) is 16.3 Å². The third-order valence-electron chi connectivity index (χ3n) is 2.38. The molecule has 1 rings (SSSR count). The van der Waals surface area contributed by atoms with E-state index in [-0.39, 0.29) is 5.97 Å². The van der Waals surface area contributed by atoms with Gasteiger partial charge in [-0.3, -0.25) is 4.79 Å². The number of ether oxygens (including phenoxy) is 1. The van der Waals surface area contributed by atoms with Crippen molar-refractivity contribution in [3.63, 3.8) is 0 Å². The van der Waals surface area contributed by atoms with E-state index in [2.05, 4.69) is 13.8 Å². The topological polar surface area (TPSA) is 26.3 Å². The molecule has 0 bridgehead atoms. The maximum Gasteiger partial charge on any atom is 0.302 e. The molecule has 0 fully saturated rings. The van der Waals surface area contributed by atoms with Crippen LogP contribution in [0, 0.1) is 5.92 Å². The Hall–Kier alpha value is -1.28. The van der Waals surface area contributed by atoms with Gasteiger partial charge in [0, 0.05) is 11.9 Å². The van der Waals surface area contributed by atoms with E-state index >= 15 is 0 Å². The molecule has 0 spiro atoms. The van der Waals surface area contributed by atoms with E-state index in [0.29, 0.717) is 17.5 Å². The van der Waals surface area contributed by atoms with Crippen LogP contribution in [0.15, 0.2) is 29.8 Å². The standard InChI is InChI=1S/C14H17ClO2/c1-10(2)13(9-17-11(3)16)7-12-5-4-6-14(15)8-12/h4-8,10H,9H2,1-3H3. The molecule has 0 saturated heterocycles. The lowest BCUT2D eigenvalue weighted by Crippen LogP contribution is -2.07. The number of carbonyl (C=O) groups excluding carboxylic acids is 1. The van der Waals surface area contributed by atoms with Gasteiger partial charge in [-0.25, -0.2) is 0 Å². The van der Waals surface area contributed by atoms with Crippen molar-refractivity contribution >= 4 is 23.6 Å². The fourth-order valence-electron chi connectivity index (χ4n) is 1.37. The Kier molecular flexibility index (Phi) is 5.23. The predicted octanol–water partition coefficient (Wildman–Crippen LogP) is 3.94. The molecule has 0 aliphatic carbocycles. The molecule has 0 heterocycles. The molecule has 0 unspecified atom stereocenters. The number of halogens is 1. The number of esters is 1. The van der Waals surface area contributed by atoms with E-state index in [1.54, 1.807) is 0 Å². The first-order chi connectivity index (χ1) is 7.99. The molecule has 17 heavy (non-hydrogen) atoms. The van der Waals surface area contributed by atoms with Crippen LogP contribution in [-0.4, -0.2) is 12.6 Å². The lowest BCUT2D eigenvalue weighted by atomic mass is 10.0. The van der Waals surface area contributed by atoms with Gasteiger partial charge in [-0.1, -0.05) is 43.7 Å². The maximum absolute atomic E-state index is 10.8. The average molecular weight is 253 g/mol. The molecular weight excluding hydrogens is 236 g/mol. The molecule has 0 atom stereocenters. The number of benzene rings is 1. The lowest BCUT2D eigenvalue weighted by Gasteiger charge is -2.11. The smallest absolute Gasteiger partial charge is 0.302 e. The second-order valence-electron chi connectivity index (χ2n) is 4.21. The molecule has 0 saturated carbocycles. The fourth-order valence-corrected chi connectivity index (χ4v) is 1.57. The highest BCUT2D eigenvalue weighted by atomic mass is 35.5. The van der Waals surface area contributed by atoms with Crippen molar-refractivity contribution in [1.29, 1.82) is 0 Å². The van der Waals surface area contributed by atoms with Crippen molar-refractivity contribution < 1.29 is 9.53 Å². The van der Waals surface area contributed by atoms with Gasteiger partial charge in [0.05, 0.1) is 0 Å². The zero-order valence-corrected chi connectivity index (χ0v) is 11.1. The van der Waals surface area contributed by atoms with Crippen molar-refractivity contribution in [3.8, 4) is 0 Å². The Morgan fingerprint density at radius 3 is 2.71 bits per heavy atom. The van der Waals surface area contributed by atoms with Gasteiger partial charge in [0.25, 0.3) is 0 Å². The van der Waals surface area contributed by atoms with Crippen LogP contribution in [0.3, 0.4) is 0 Å². The van der Waals surface area contributed by atoms with Crippen LogP contribution in [0.1, 0.15) is 26.3 Å². The Morgan fingerprint density at radius 1 is 1.47 bits per heavy atom.